The lowest BCUT2D eigenvalue weighted by Crippen LogP contribution is -2.32. The van der Waals surface area contributed by atoms with E-state index in [1.54, 1.807) is 0 Å². The first-order valence-electron chi connectivity index (χ1n) is 6.83. The molecule has 1 aromatic carbocycles. The van der Waals surface area contributed by atoms with E-state index in [0.29, 0.717) is 13.2 Å². The summed E-state index contributed by atoms with van der Waals surface area (Å²) in [4.78, 5) is 11.5. The van der Waals surface area contributed by atoms with Gasteiger partial charge < -0.3 is 10.1 Å². The van der Waals surface area contributed by atoms with Gasteiger partial charge in [-0.15, -0.1) is 0 Å². The fraction of sp³-hybridized carbons (Fsp3) is 0.533. The summed E-state index contributed by atoms with van der Waals surface area (Å²) < 4.78 is 6.19. The Bertz CT molecular complexity index is 426. The molecule has 1 N–H and O–H groups in total. The van der Waals surface area contributed by atoms with Gasteiger partial charge in [0.2, 0.25) is 0 Å². The van der Waals surface area contributed by atoms with E-state index in [0.717, 1.165) is 30.2 Å². The summed E-state index contributed by atoms with van der Waals surface area (Å²) in [6, 6.07) is 8.35. The number of benzene rings is 1. The molecular weight excluding hydrogens is 306 g/mol. The average molecular weight is 326 g/mol. The molecule has 0 spiro atoms. The molecule has 0 unspecified atom stereocenters. The van der Waals surface area contributed by atoms with Crippen molar-refractivity contribution in [2.75, 3.05) is 13.2 Å². The Morgan fingerprint density at radius 2 is 2.05 bits per heavy atom. The minimum Gasteiger partial charge on any atom is -0.450 e. The van der Waals surface area contributed by atoms with Crippen LogP contribution in [0, 0.1) is 0 Å². The summed E-state index contributed by atoms with van der Waals surface area (Å²) in [7, 11) is 0. The van der Waals surface area contributed by atoms with Gasteiger partial charge in [-0.25, -0.2) is 4.79 Å². The Morgan fingerprint density at radius 3 is 2.63 bits per heavy atom. The van der Waals surface area contributed by atoms with E-state index in [4.69, 9.17) is 4.74 Å². The smallest absolute Gasteiger partial charge is 0.407 e. The lowest BCUT2D eigenvalue weighted by molar-refractivity contribution is 0.143. The number of ether oxygens (including phenoxy) is 1. The van der Waals surface area contributed by atoms with Gasteiger partial charge in [0.25, 0.3) is 0 Å². The molecule has 0 radical (unpaired) electrons. The number of nitrogens with one attached hydrogen (secondary N) is 1. The fourth-order valence-electron chi connectivity index (χ4n) is 2.12. The molecule has 1 saturated carbocycles. The van der Waals surface area contributed by atoms with Crippen LogP contribution in [0.5, 0.6) is 0 Å². The maximum atomic E-state index is 11.5. The summed E-state index contributed by atoms with van der Waals surface area (Å²) >= 11 is 3.44. The fourth-order valence-corrected chi connectivity index (χ4v) is 2.39. The molecule has 1 amide bonds. The van der Waals surface area contributed by atoms with Crippen LogP contribution in [0.25, 0.3) is 0 Å². The van der Waals surface area contributed by atoms with Crippen molar-refractivity contribution in [1.29, 1.82) is 0 Å². The quantitative estimate of drug-likeness (QED) is 0.802. The maximum Gasteiger partial charge on any atom is 0.407 e. The van der Waals surface area contributed by atoms with Gasteiger partial charge in [0.15, 0.2) is 0 Å². The van der Waals surface area contributed by atoms with E-state index in [2.05, 4.69) is 52.4 Å². The number of halogens is 1. The van der Waals surface area contributed by atoms with Crippen LogP contribution in [0.1, 0.15) is 38.2 Å². The number of alkyl carbamates (subject to hydrolysis) is 1. The molecule has 1 aliphatic carbocycles. The van der Waals surface area contributed by atoms with Gasteiger partial charge in [-0.05, 0) is 37.0 Å². The van der Waals surface area contributed by atoms with Gasteiger partial charge in [0.1, 0.15) is 0 Å². The molecule has 104 valence electrons. The zero-order valence-corrected chi connectivity index (χ0v) is 12.8. The average Bonchev–Trinajstić information content (AvgIpc) is 3.19. The molecule has 0 bridgehead atoms. The molecule has 0 aliphatic heterocycles. The standard InChI is InChI=1S/C15H20BrNO2/c1-2-3-10-19-14(18)17-11-15(8-9-15)12-4-6-13(16)7-5-12/h4-7H,2-3,8-11H2,1H3,(H,17,18). The Hall–Kier alpha value is -1.03. The largest absolute Gasteiger partial charge is 0.450 e. The lowest BCUT2D eigenvalue weighted by Gasteiger charge is -2.16. The van der Waals surface area contributed by atoms with Crippen molar-refractivity contribution in [3.63, 3.8) is 0 Å². The van der Waals surface area contributed by atoms with Gasteiger partial charge in [-0.3, -0.25) is 0 Å². The monoisotopic (exact) mass is 325 g/mol. The summed E-state index contributed by atoms with van der Waals surface area (Å²) in [5.74, 6) is 0. The molecule has 0 atom stereocenters. The van der Waals surface area contributed by atoms with Gasteiger partial charge in [0.05, 0.1) is 6.61 Å². The third-order valence-corrected chi connectivity index (χ3v) is 4.14. The number of amides is 1. The third-order valence-electron chi connectivity index (χ3n) is 3.61. The van der Waals surface area contributed by atoms with Crippen LogP contribution in [0.3, 0.4) is 0 Å². The van der Waals surface area contributed by atoms with Crippen molar-refractivity contribution in [1.82, 2.24) is 5.32 Å². The van der Waals surface area contributed by atoms with Crippen molar-refractivity contribution in [3.05, 3.63) is 34.3 Å². The molecule has 1 aromatic rings. The van der Waals surface area contributed by atoms with Crippen LogP contribution in [0.4, 0.5) is 4.79 Å². The van der Waals surface area contributed by atoms with Crippen molar-refractivity contribution >= 4 is 22.0 Å². The molecule has 2 rings (SSSR count). The lowest BCUT2D eigenvalue weighted by atomic mass is 9.96. The van der Waals surface area contributed by atoms with E-state index in [1.165, 1.54) is 5.56 Å². The first-order chi connectivity index (χ1) is 9.16. The SMILES string of the molecule is CCCCOC(=O)NCC1(c2ccc(Br)cc2)CC1. The van der Waals surface area contributed by atoms with Gasteiger partial charge in [0, 0.05) is 16.4 Å². The van der Waals surface area contributed by atoms with Crippen LogP contribution in [0.2, 0.25) is 0 Å². The Morgan fingerprint density at radius 1 is 1.37 bits per heavy atom. The number of rotatable bonds is 6. The van der Waals surface area contributed by atoms with E-state index in [-0.39, 0.29) is 11.5 Å². The van der Waals surface area contributed by atoms with E-state index < -0.39 is 0 Å². The highest BCUT2D eigenvalue weighted by atomic mass is 79.9. The number of carbonyl (C=O) groups is 1. The number of carbonyl (C=O) groups excluding carboxylic acids is 1. The molecule has 3 nitrogen and oxygen atoms in total. The summed E-state index contributed by atoms with van der Waals surface area (Å²) in [5.41, 5.74) is 1.43. The number of hydrogen-bond acceptors (Lipinski definition) is 2. The Kier molecular flexibility index (Phi) is 4.86. The Balaban J connectivity index is 1.82. The van der Waals surface area contributed by atoms with Gasteiger partial charge >= 0.3 is 6.09 Å². The van der Waals surface area contributed by atoms with Crippen molar-refractivity contribution in [2.24, 2.45) is 0 Å². The van der Waals surface area contributed by atoms with Crippen molar-refractivity contribution in [2.45, 2.75) is 38.0 Å². The molecular formula is C15H20BrNO2. The van der Waals surface area contributed by atoms with Crippen LogP contribution < -0.4 is 5.32 Å². The molecule has 1 fully saturated rings. The molecule has 1 aliphatic rings. The van der Waals surface area contributed by atoms with E-state index in [1.807, 2.05) is 0 Å². The predicted molar refractivity (Wildman–Crippen MR) is 79.3 cm³/mol. The van der Waals surface area contributed by atoms with Crippen LogP contribution in [-0.4, -0.2) is 19.2 Å². The summed E-state index contributed by atoms with van der Waals surface area (Å²) in [6.07, 6.45) is 3.92. The topological polar surface area (TPSA) is 38.3 Å². The van der Waals surface area contributed by atoms with Gasteiger partial charge in [-0.2, -0.15) is 0 Å². The van der Waals surface area contributed by atoms with Crippen LogP contribution >= 0.6 is 15.9 Å². The second kappa shape index (κ2) is 6.42. The number of unbranched alkanes of at least 4 members (excludes halogenated alkanes) is 1. The number of hydrogen-bond donors (Lipinski definition) is 1. The predicted octanol–water partition coefficient (Wildman–Crippen LogP) is 4.01. The van der Waals surface area contributed by atoms with Crippen molar-refractivity contribution in [3.8, 4) is 0 Å². The maximum absolute atomic E-state index is 11.5. The Labute approximate surface area is 122 Å². The highest BCUT2D eigenvalue weighted by Gasteiger charge is 2.44. The zero-order chi connectivity index (χ0) is 13.7. The first-order valence-corrected chi connectivity index (χ1v) is 7.62. The molecule has 0 aromatic heterocycles. The van der Waals surface area contributed by atoms with E-state index >= 15 is 0 Å². The summed E-state index contributed by atoms with van der Waals surface area (Å²) in [5, 5.41) is 2.88. The molecule has 19 heavy (non-hydrogen) atoms. The second-order valence-corrected chi connectivity index (χ2v) is 6.05. The second-order valence-electron chi connectivity index (χ2n) is 5.13. The normalized spacial score (nSPS) is 15.9. The van der Waals surface area contributed by atoms with Crippen LogP contribution in [0.15, 0.2) is 28.7 Å². The van der Waals surface area contributed by atoms with Gasteiger partial charge in [-0.1, -0.05) is 41.4 Å². The van der Waals surface area contributed by atoms with Crippen molar-refractivity contribution < 1.29 is 9.53 Å². The minimum absolute atomic E-state index is 0.129. The van der Waals surface area contributed by atoms with Crippen LogP contribution in [-0.2, 0) is 10.2 Å². The zero-order valence-electron chi connectivity index (χ0n) is 11.2. The third kappa shape index (κ3) is 3.96. The van der Waals surface area contributed by atoms with E-state index in [9.17, 15) is 4.79 Å². The molecule has 0 heterocycles. The minimum atomic E-state index is -0.295. The highest BCUT2D eigenvalue weighted by molar-refractivity contribution is 9.10. The first kappa shape index (κ1) is 14.4. The molecule has 0 saturated heterocycles. The highest BCUT2D eigenvalue weighted by Crippen LogP contribution is 2.47. The molecule has 4 heteroatoms. The summed E-state index contributed by atoms with van der Waals surface area (Å²) in [6.45, 7) is 3.25.